The molecule has 2 aromatic carbocycles. The molecule has 1 aliphatic heterocycles. The molecule has 0 aromatic heterocycles. The summed E-state index contributed by atoms with van der Waals surface area (Å²) in [6.07, 6.45) is 0. The Hall–Kier alpha value is -3.03. The number of carbonyl (C=O) groups is 1. The second-order valence-corrected chi connectivity index (χ2v) is 5.06. The van der Waals surface area contributed by atoms with Crippen molar-refractivity contribution >= 4 is 11.6 Å². The fourth-order valence-electron chi connectivity index (χ4n) is 2.33. The minimum atomic E-state index is -2.90. The smallest absolute Gasteiger partial charge is 0.387 e. The van der Waals surface area contributed by atoms with Gasteiger partial charge in [-0.3, -0.25) is 4.79 Å². The van der Waals surface area contributed by atoms with Crippen LogP contribution in [0.4, 0.5) is 14.5 Å². The number of hydrogen-bond acceptors (Lipinski definition) is 5. The van der Waals surface area contributed by atoms with Crippen LogP contribution in [0.5, 0.6) is 23.0 Å². The molecule has 1 aliphatic rings. The van der Waals surface area contributed by atoms with Gasteiger partial charge in [0, 0.05) is 11.3 Å². The van der Waals surface area contributed by atoms with Crippen molar-refractivity contribution in [2.45, 2.75) is 6.61 Å². The van der Waals surface area contributed by atoms with Crippen molar-refractivity contribution in [1.82, 2.24) is 0 Å². The van der Waals surface area contributed by atoms with E-state index in [0.29, 0.717) is 41.7 Å². The van der Waals surface area contributed by atoms with Gasteiger partial charge in [0.1, 0.15) is 19.0 Å². The van der Waals surface area contributed by atoms with E-state index in [1.54, 1.807) is 6.07 Å². The van der Waals surface area contributed by atoms with Gasteiger partial charge in [-0.2, -0.15) is 8.78 Å². The number of methoxy groups -OCH3 is 1. The van der Waals surface area contributed by atoms with Gasteiger partial charge < -0.3 is 24.3 Å². The molecule has 132 valence electrons. The van der Waals surface area contributed by atoms with Gasteiger partial charge in [0.2, 0.25) is 5.75 Å². The van der Waals surface area contributed by atoms with Crippen LogP contribution in [0, 0.1) is 0 Å². The molecule has 0 aliphatic carbocycles. The SMILES string of the molecule is COc1cc(C(=O)Nc2ccc(OC(F)F)cc2)cc2c1OCCO2. The third kappa shape index (κ3) is 3.90. The van der Waals surface area contributed by atoms with E-state index in [9.17, 15) is 13.6 Å². The Balaban J connectivity index is 1.77. The molecule has 0 radical (unpaired) electrons. The maximum absolute atomic E-state index is 12.4. The van der Waals surface area contributed by atoms with Crippen LogP contribution < -0.4 is 24.3 Å². The molecule has 3 rings (SSSR count). The van der Waals surface area contributed by atoms with Crippen LogP contribution >= 0.6 is 0 Å². The minimum absolute atomic E-state index is 0.00833. The molecule has 0 fully saturated rings. The number of carbonyl (C=O) groups excluding carboxylic acids is 1. The first-order chi connectivity index (χ1) is 12.1. The molecule has 2 aromatic rings. The van der Waals surface area contributed by atoms with Gasteiger partial charge in [0.05, 0.1) is 7.11 Å². The molecule has 0 saturated carbocycles. The lowest BCUT2D eigenvalue weighted by Crippen LogP contribution is -2.18. The molecule has 25 heavy (non-hydrogen) atoms. The second kappa shape index (κ2) is 7.25. The average molecular weight is 351 g/mol. The number of rotatable bonds is 5. The zero-order valence-corrected chi connectivity index (χ0v) is 13.3. The summed E-state index contributed by atoms with van der Waals surface area (Å²) in [6, 6.07) is 8.70. The molecular formula is C17H15F2NO5. The summed E-state index contributed by atoms with van der Waals surface area (Å²) in [4.78, 5) is 12.4. The van der Waals surface area contributed by atoms with E-state index in [2.05, 4.69) is 10.1 Å². The molecule has 6 nitrogen and oxygen atoms in total. The Bertz CT molecular complexity index is 747. The number of fused-ring (bicyclic) bond motifs is 1. The molecule has 0 unspecified atom stereocenters. The van der Waals surface area contributed by atoms with Gasteiger partial charge in [0.15, 0.2) is 11.5 Å². The Labute approximate surface area is 142 Å². The number of halogens is 2. The highest BCUT2D eigenvalue weighted by molar-refractivity contribution is 6.05. The van der Waals surface area contributed by atoms with E-state index < -0.39 is 12.5 Å². The normalized spacial score (nSPS) is 12.6. The maximum Gasteiger partial charge on any atom is 0.387 e. The second-order valence-electron chi connectivity index (χ2n) is 5.06. The summed E-state index contributed by atoms with van der Waals surface area (Å²) >= 11 is 0. The lowest BCUT2D eigenvalue weighted by molar-refractivity contribution is -0.0498. The van der Waals surface area contributed by atoms with Crippen molar-refractivity contribution in [1.29, 1.82) is 0 Å². The lowest BCUT2D eigenvalue weighted by atomic mass is 10.1. The minimum Gasteiger partial charge on any atom is -0.493 e. The summed E-state index contributed by atoms with van der Waals surface area (Å²) in [5.74, 6) is 0.880. The van der Waals surface area contributed by atoms with Crippen molar-refractivity contribution < 1.29 is 32.5 Å². The predicted octanol–water partition coefficient (Wildman–Crippen LogP) is 3.32. The van der Waals surface area contributed by atoms with Gasteiger partial charge in [0.25, 0.3) is 5.91 Å². The molecule has 0 saturated heterocycles. The van der Waals surface area contributed by atoms with Crippen LogP contribution in [0.25, 0.3) is 0 Å². The van der Waals surface area contributed by atoms with E-state index in [1.165, 1.54) is 37.4 Å². The first-order valence-corrected chi connectivity index (χ1v) is 7.40. The zero-order valence-electron chi connectivity index (χ0n) is 13.3. The first-order valence-electron chi connectivity index (χ1n) is 7.40. The molecular weight excluding hydrogens is 336 g/mol. The summed E-state index contributed by atoms with van der Waals surface area (Å²) in [5, 5.41) is 2.66. The number of benzene rings is 2. The van der Waals surface area contributed by atoms with Crippen molar-refractivity contribution in [3.05, 3.63) is 42.0 Å². The third-order valence-electron chi connectivity index (χ3n) is 3.43. The van der Waals surface area contributed by atoms with Crippen LogP contribution in [-0.4, -0.2) is 32.8 Å². The van der Waals surface area contributed by atoms with Crippen molar-refractivity contribution in [3.63, 3.8) is 0 Å². The summed E-state index contributed by atoms with van der Waals surface area (Å²) in [5.41, 5.74) is 0.745. The van der Waals surface area contributed by atoms with Crippen molar-refractivity contribution in [3.8, 4) is 23.0 Å². The van der Waals surface area contributed by atoms with Gasteiger partial charge >= 0.3 is 6.61 Å². The average Bonchev–Trinajstić information content (AvgIpc) is 2.62. The highest BCUT2D eigenvalue weighted by Gasteiger charge is 2.21. The molecule has 8 heteroatoms. The first kappa shape index (κ1) is 16.8. The summed E-state index contributed by atoms with van der Waals surface area (Å²) in [7, 11) is 1.47. The van der Waals surface area contributed by atoms with E-state index in [4.69, 9.17) is 14.2 Å². The Morgan fingerprint density at radius 2 is 1.88 bits per heavy atom. The van der Waals surface area contributed by atoms with Crippen LogP contribution in [0.1, 0.15) is 10.4 Å². The van der Waals surface area contributed by atoms with Gasteiger partial charge in [-0.15, -0.1) is 0 Å². The molecule has 0 spiro atoms. The quantitative estimate of drug-likeness (QED) is 0.895. The number of ether oxygens (including phenoxy) is 4. The molecule has 1 amide bonds. The van der Waals surface area contributed by atoms with Gasteiger partial charge in [-0.05, 0) is 36.4 Å². The Morgan fingerprint density at radius 1 is 1.16 bits per heavy atom. The summed E-state index contributed by atoms with van der Waals surface area (Å²) in [6.45, 7) is -2.11. The number of alkyl halides is 2. The van der Waals surface area contributed by atoms with Gasteiger partial charge in [-0.25, -0.2) is 0 Å². The molecule has 1 heterocycles. The molecule has 1 N–H and O–H groups in total. The van der Waals surface area contributed by atoms with Crippen LogP contribution in [0.3, 0.4) is 0 Å². The fraction of sp³-hybridized carbons (Fsp3) is 0.235. The number of amides is 1. The predicted molar refractivity (Wildman–Crippen MR) is 85.0 cm³/mol. The highest BCUT2D eigenvalue weighted by Crippen LogP contribution is 2.40. The summed E-state index contributed by atoms with van der Waals surface area (Å²) < 4.78 is 44.7. The topological polar surface area (TPSA) is 66.0 Å². The highest BCUT2D eigenvalue weighted by atomic mass is 19.3. The van der Waals surface area contributed by atoms with Crippen LogP contribution in [0.2, 0.25) is 0 Å². The Morgan fingerprint density at radius 3 is 2.56 bits per heavy atom. The lowest BCUT2D eigenvalue weighted by Gasteiger charge is -2.21. The largest absolute Gasteiger partial charge is 0.493 e. The molecule has 0 atom stereocenters. The van der Waals surface area contributed by atoms with E-state index in [0.717, 1.165) is 0 Å². The Kier molecular flexibility index (Phi) is 4.87. The number of anilines is 1. The monoisotopic (exact) mass is 351 g/mol. The van der Waals surface area contributed by atoms with Gasteiger partial charge in [-0.1, -0.05) is 0 Å². The van der Waals surface area contributed by atoms with Crippen molar-refractivity contribution in [2.75, 3.05) is 25.6 Å². The van der Waals surface area contributed by atoms with Crippen molar-refractivity contribution in [2.24, 2.45) is 0 Å². The number of nitrogens with one attached hydrogen (secondary N) is 1. The van der Waals surface area contributed by atoms with E-state index >= 15 is 0 Å². The standard InChI is InChI=1S/C17H15F2NO5/c1-22-13-8-10(9-14-15(13)24-7-6-23-14)16(21)20-11-2-4-12(5-3-11)25-17(18)19/h2-5,8-9,17H,6-7H2,1H3,(H,20,21). The van der Waals surface area contributed by atoms with Crippen LogP contribution in [0.15, 0.2) is 36.4 Å². The fourth-order valence-corrected chi connectivity index (χ4v) is 2.33. The zero-order chi connectivity index (χ0) is 17.8. The van der Waals surface area contributed by atoms with Crippen LogP contribution in [-0.2, 0) is 0 Å². The van der Waals surface area contributed by atoms with E-state index in [-0.39, 0.29) is 5.75 Å². The molecule has 0 bridgehead atoms. The van der Waals surface area contributed by atoms with E-state index in [1.807, 2.05) is 0 Å². The number of hydrogen-bond donors (Lipinski definition) is 1. The third-order valence-corrected chi connectivity index (χ3v) is 3.43. The maximum atomic E-state index is 12.4.